The number of hydrogen-bond donors (Lipinski definition) is 1. The van der Waals surface area contributed by atoms with Crippen molar-refractivity contribution in [3.8, 4) is 12.1 Å². The molecule has 0 saturated carbocycles. The standard InChI is InChI=1S/C30H23N3/c1-3-20(18-31)9-10-22-11-13-26-24-7-5-6-8-25(24)27-14-12-23(17-29(27)28(26)15-22)30(33)16-21(4-2)19-32/h3-9,11-17H,1,10,33H2,2H3/b20-9+,21-4+,30-16-. The minimum absolute atomic E-state index is 0.528. The van der Waals surface area contributed by atoms with Crippen LogP contribution in [-0.4, -0.2) is 0 Å². The van der Waals surface area contributed by atoms with E-state index in [1.807, 2.05) is 19.1 Å². The molecule has 0 aliphatic heterocycles. The van der Waals surface area contributed by atoms with Crippen LogP contribution in [0.1, 0.15) is 18.1 Å². The average Bonchev–Trinajstić information content (AvgIpc) is 2.87. The molecule has 0 atom stereocenters. The lowest BCUT2D eigenvalue weighted by Crippen LogP contribution is -1.97. The summed E-state index contributed by atoms with van der Waals surface area (Å²) >= 11 is 0. The Bertz CT molecular complexity index is 1580. The topological polar surface area (TPSA) is 73.6 Å². The number of rotatable bonds is 5. The maximum Gasteiger partial charge on any atom is 0.0988 e. The van der Waals surface area contributed by atoms with Crippen molar-refractivity contribution < 1.29 is 0 Å². The van der Waals surface area contributed by atoms with E-state index in [0.717, 1.165) is 27.3 Å². The van der Waals surface area contributed by atoms with Crippen molar-refractivity contribution in [3.63, 3.8) is 0 Å². The molecular weight excluding hydrogens is 402 g/mol. The van der Waals surface area contributed by atoms with Gasteiger partial charge in [0.2, 0.25) is 0 Å². The number of nitrogens with two attached hydrogens (primary N) is 1. The zero-order chi connectivity index (χ0) is 23.4. The zero-order valence-electron chi connectivity index (χ0n) is 18.5. The van der Waals surface area contributed by atoms with Crippen LogP contribution in [0, 0.1) is 22.7 Å². The largest absolute Gasteiger partial charge is 0.398 e. The summed E-state index contributed by atoms with van der Waals surface area (Å²) in [6.07, 6.45) is 7.57. The third-order valence-electron chi connectivity index (χ3n) is 5.89. The first kappa shape index (κ1) is 21.6. The molecule has 3 heteroatoms. The van der Waals surface area contributed by atoms with Gasteiger partial charge in [0, 0.05) is 16.8 Å². The maximum atomic E-state index is 9.26. The predicted octanol–water partition coefficient (Wildman–Crippen LogP) is 7.09. The van der Waals surface area contributed by atoms with Gasteiger partial charge in [-0.05, 0) is 68.9 Å². The van der Waals surface area contributed by atoms with Gasteiger partial charge in [0.1, 0.15) is 0 Å². The minimum atomic E-state index is 0.528. The fourth-order valence-corrected chi connectivity index (χ4v) is 4.14. The first-order chi connectivity index (χ1) is 16.1. The Kier molecular flexibility index (Phi) is 6.07. The van der Waals surface area contributed by atoms with Crippen LogP contribution in [0.2, 0.25) is 0 Å². The molecule has 4 aromatic rings. The number of hydrogen-bond acceptors (Lipinski definition) is 3. The van der Waals surface area contributed by atoms with Gasteiger partial charge in [-0.15, -0.1) is 0 Å². The van der Waals surface area contributed by atoms with E-state index in [1.165, 1.54) is 16.2 Å². The second-order valence-electron chi connectivity index (χ2n) is 7.82. The summed E-state index contributed by atoms with van der Waals surface area (Å²) in [5, 5.41) is 25.4. The molecule has 4 aromatic carbocycles. The highest BCUT2D eigenvalue weighted by Crippen LogP contribution is 2.36. The lowest BCUT2D eigenvalue weighted by Gasteiger charge is -2.13. The molecule has 0 aliphatic rings. The Morgan fingerprint density at radius 2 is 1.45 bits per heavy atom. The Morgan fingerprint density at radius 1 is 0.848 bits per heavy atom. The first-order valence-electron chi connectivity index (χ1n) is 10.7. The highest BCUT2D eigenvalue weighted by Gasteiger charge is 2.11. The molecule has 3 nitrogen and oxygen atoms in total. The summed E-state index contributed by atoms with van der Waals surface area (Å²) in [6, 6.07) is 25.4. The Labute approximate surface area is 193 Å². The molecule has 2 N–H and O–H groups in total. The van der Waals surface area contributed by atoms with Crippen LogP contribution in [0.15, 0.2) is 103 Å². The number of benzene rings is 4. The van der Waals surface area contributed by atoms with E-state index >= 15 is 0 Å². The van der Waals surface area contributed by atoms with E-state index in [2.05, 4.69) is 73.3 Å². The molecule has 0 fully saturated rings. The second kappa shape index (κ2) is 9.27. The molecule has 0 aromatic heterocycles. The van der Waals surface area contributed by atoms with E-state index in [-0.39, 0.29) is 0 Å². The van der Waals surface area contributed by atoms with Crippen molar-refractivity contribution in [2.24, 2.45) is 5.73 Å². The van der Waals surface area contributed by atoms with Gasteiger partial charge in [-0.2, -0.15) is 10.5 Å². The van der Waals surface area contributed by atoms with Crippen LogP contribution in [0.3, 0.4) is 0 Å². The molecule has 0 radical (unpaired) electrons. The quantitative estimate of drug-likeness (QED) is 0.211. The van der Waals surface area contributed by atoms with Crippen LogP contribution in [0.4, 0.5) is 0 Å². The smallest absolute Gasteiger partial charge is 0.0988 e. The molecule has 158 valence electrons. The molecular formula is C30H23N3. The van der Waals surface area contributed by atoms with Crippen molar-refractivity contribution in [1.82, 2.24) is 0 Å². The van der Waals surface area contributed by atoms with Crippen LogP contribution in [0.5, 0.6) is 0 Å². The molecule has 0 bridgehead atoms. The lowest BCUT2D eigenvalue weighted by atomic mass is 9.91. The van der Waals surface area contributed by atoms with Crippen molar-refractivity contribution in [2.45, 2.75) is 13.3 Å². The van der Waals surface area contributed by atoms with Gasteiger partial charge in [-0.25, -0.2) is 0 Å². The van der Waals surface area contributed by atoms with Gasteiger partial charge in [-0.1, -0.05) is 79.4 Å². The van der Waals surface area contributed by atoms with Crippen molar-refractivity contribution in [3.05, 3.63) is 114 Å². The van der Waals surface area contributed by atoms with Gasteiger partial charge in [0.15, 0.2) is 0 Å². The van der Waals surface area contributed by atoms with Gasteiger partial charge < -0.3 is 5.73 Å². The summed E-state index contributed by atoms with van der Waals surface area (Å²) < 4.78 is 0. The first-order valence-corrected chi connectivity index (χ1v) is 10.7. The van der Waals surface area contributed by atoms with E-state index in [4.69, 9.17) is 5.73 Å². The predicted molar refractivity (Wildman–Crippen MR) is 138 cm³/mol. The van der Waals surface area contributed by atoms with Crippen LogP contribution < -0.4 is 5.73 Å². The molecule has 0 amide bonds. The third-order valence-corrected chi connectivity index (χ3v) is 5.89. The highest BCUT2D eigenvalue weighted by molar-refractivity contribution is 6.25. The third kappa shape index (κ3) is 4.13. The summed E-state index contributed by atoms with van der Waals surface area (Å²) in [7, 11) is 0. The van der Waals surface area contributed by atoms with Crippen molar-refractivity contribution in [2.75, 3.05) is 0 Å². The van der Waals surface area contributed by atoms with Crippen molar-refractivity contribution in [1.29, 1.82) is 10.5 Å². The number of allylic oxidation sites excluding steroid dienone is 6. The van der Waals surface area contributed by atoms with Gasteiger partial charge >= 0.3 is 0 Å². The van der Waals surface area contributed by atoms with Crippen LogP contribution >= 0.6 is 0 Å². The maximum absolute atomic E-state index is 9.26. The van der Waals surface area contributed by atoms with Gasteiger partial charge in [0.05, 0.1) is 12.1 Å². The van der Waals surface area contributed by atoms with E-state index in [0.29, 0.717) is 23.3 Å². The monoisotopic (exact) mass is 425 g/mol. The van der Waals surface area contributed by atoms with Crippen molar-refractivity contribution >= 4 is 38.0 Å². The van der Waals surface area contributed by atoms with E-state index in [1.54, 1.807) is 18.2 Å². The molecule has 0 spiro atoms. The summed E-state index contributed by atoms with van der Waals surface area (Å²) in [5.41, 5.74) is 9.99. The Hall–Kier alpha value is -4.60. The SMILES string of the molecule is C=C/C(C#N)=C\Cc1ccc2c3ccccc3c3ccc(/C(N)=C/C(C#N)=C\C)cc3c2c1. The van der Waals surface area contributed by atoms with Crippen LogP contribution in [0.25, 0.3) is 38.0 Å². The molecule has 4 rings (SSSR count). The molecule has 33 heavy (non-hydrogen) atoms. The Balaban J connectivity index is 2.00. The molecule has 0 unspecified atom stereocenters. The lowest BCUT2D eigenvalue weighted by molar-refractivity contribution is 1.27. The fourth-order valence-electron chi connectivity index (χ4n) is 4.14. The summed E-state index contributed by atoms with van der Waals surface area (Å²) in [5.74, 6) is 0. The van der Waals surface area contributed by atoms with E-state index < -0.39 is 0 Å². The molecule has 0 aliphatic carbocycles. The number of nitriles is 2. The number of nitrogens with zero attached hydrogens (tertiary/aromatic N) is 2. The van der Waals surface area contributed by atoms with Gasteiger partial charge in [0.25, 0.3) is 0 Å². The fraction of sp³-hybridized carbons (Fsp3) is 0.0667. The summed E-state index contributed by atoms with van der Waals surface area (Å²) in [4.78, 5) is 0. The average molecular weight is 426 g/mol. The highest BCUT2D eigenvalue weighted by atomic mass is 14.6. The van der Waals surface area contributed by atoms with Crippen LogP contribution in [-0.2, 0) is 6.42 Å². The number of fused-ring (bicyclic) bond motifs is 6. The zero-order valence-corrected chi connectivity index (χ0v) is 18.5. The molecule has 0 saturated heterocycles. The normalized spacial score (nSPS) is 12.6. The molecule has 0 heterocycles. The van der Waals surface area contributed by atoms with Gasteiger partial charge in [-0.3, -0.25) is 0 Å². The minimum Gasteiger partial charge on any atom is -0.398 e. The Morgan fingerprint density at radius 3 is 2.06 bits per heavy atom. The van der Waals surface area contributed by atoms with E-state index in [9.17, 15) is 10.5 Å². The second-order valence-corrected chi connectivity index (χ2v) is 7.82. The summed E-state index contributed by atoms with van der Waals surface area (Å²) in [6.45, 7) is 5.52.